The zero-order chi connectivity index (χ0) is 16.7. The summed E-state index contributed by atoms with van der Waals surface area (Å²) in [5.41, 5.74) is 1.31. The zero-order valence-corrected chi connectivity index (χ0v) is 14.6. The van der Waals surface area contributed by atoms with E-state index in [1.807, 2.05) is 6.07 Å². The smallest absolute Gasteiger partial charge is 0.298 e. The number of rotatable bonds is 2. The monoisotopic (exact) mass is 403 g/mol. The molecule has 1 fully saturated rings. The SMILES string of the molecule is O=C1SC(=Cc2cc3c(cc2Br)OCO3)C(=O)N1c1ccccc1. The fourth-order valence-corrected chi connectivity index (χ4v) is 3.72. The number of benzene rings is 2. The quantitative estimate of drug-likeness (QED) is 0.694. The molecule has 0 atom stereocenters. The van der Waals surface area contributed by atoms with Crippen molar-refractivity contribution in [3.63, 3.8) is 0 Å². The Morgan fingerprint density at radius 1 is 1.08 bits per heavy atom. The van der Waals surface area contributed by atoms with Crippen molar-refractivity contribution in [2.75, 3.05) is 11.7 Å². The topological polar surface area (TPSA) is 55.8 Å². The average Bonchev–Trinajstić information content (AvgIpc) is 3.13. The van der Waals surface area contributed by atoms with Crippen molar-refractivity contribution in [2.45, 2.75) is 0 Å². The van der Waals surface area contributed by atoms with Gasteiger partial charge in [-0.3, -0.25) is 9.59 Å². The largest absolute Gasteiger partial charge is 0.454 e. The first-order chi connectivity index (χ1) is 11.6. The van der Waals surface area contributed by atoms with E-state index < -0.39 is 0 Å². The van der Waals surface area contributed by atoms with Gasteiger partial charge in [-0.05, 0) is 47.7 Å². The van der Waals surface area contributed by atoms with E-state index in [9.17, 15) is 9.59 Å². The van der Waals surface area contributed by atoms with Gasteiger partial charge in [0.15, 0.2) is 11.5 Å². The van der Waals surface area contributed by atoms with Gasteiger partial charge in [0.25, 0.3) is 11.1 Å². The summed E-state index contributed by atoms with van der Waals surface area (Å²) in [6.45, 7) is 0.176. The number of para-hydroxylation sites is 1. The number of ether oxygens (including phenoxy) is 2. The molecular weight excluding hydrogens is 394 g/mol. The van der Waals surface area contributed by atoms with Crippen molar-refractivity contribution in [3.8, 4) is 11.5 Å². The minimum Gasteiger partial charge on any atom is -0.454 e. The van der Waals surface area contributed by atoms with Crippen molar-refractivity contribution in [3.05, 3.63) is 57.4 Å². The number of hydrogen-bond donors (Lipinski definition) is 0. The van der Waals surface area contributed by atoms with Crippen LogP contribution in [0.15, 0.2) is 51.8 Å². The molecule has 0 unspecified atom stereocenters. The molecule has 24 heavy (non-hydrogen) atoms. The highest BCUT2D eigenvalue weighted by atomic mass is 79.9. The van der Waals surface area contributed by atoms with Gasteiger partial charge >= 0.3 is 0 Å². The van der Waals surface area contributed by atoms with Crippen LogP contribution in [0.4, 0.5) is 10.5 Å². The Bertz CT molecular complexity index is 882. The van der Waals surface area contributed by atoms with Gasteiger partial charge in [-0.2, -0.15) is 0 Å². The van der Waals surface area contributed by atoms with Crippen LogP contribution in [0.2, 0.25) is 0 Å². The number of hydrogen-bond acceptors (Lipinski definition) is 5. The summed E-state index contributed by atoms with van der Waals surface area (Å²) < 4.78 is 11.4. The van der Waals surface area contributed by atoms with Crippen LogP contribution in [-0.4, -0.2) is 17.9 Å². The maximum Gasteiger partial charge on any atom is 0.298 e. The fourth-order valence-electron chi connectivity index (χ4n) is 2.45. The number of imide groups is 1. The minimum absolute atomic E-state index is 0.176. The molecular formula is C17H10BrNO4S. The summed E-state index contributed by atoms with van der Waals surface area (Å²) in [5, 5.41) is -0.311. The van der Waals surface area contributed by atoms with E-state index in [2.05, 4.69) is 15.9 Å². The molecule has 0 spiro atoms. The summed E-state index contributed by atoms with van der Waals surface area (Å²) in [7, 11) is 0. The molecule has 2 aromatic rings. The van der Waals surface area contributed by atoms with Gasteiger partial charge in [0.1, 0.15) is 0 Å². The molecule has 5 nitrogen and oxygen atoms in total. The first-order valence-corrected chi connectivity index (χ1v) is 8.66. The second-order valence-corrected chi connectivity index (χ2v) is 6.93. The molecule has 2 aliphatic rings. The third-order valence-corrected chi connectivity index (χ3v) is 5.14. The van der Waals surface area contributed by atoms with Crippen molar-refractivity contribution in [1.29, 1.82) is 0 Å². The lowest BCUT2D eigenvalue weighted by Crippen LogP contribution is -2.27. The van der Waals surface area contributed by atoms with Crippen molar-refractivity contribution >= 4 is 50.6 Å². The first kappa shape index (κ1) is 15.3. The Kier molecular flexibility index (Phi) is 3.82. The van der Waals surface area contributed by atoms with E-state index in [1.54, 1.807) is 42.5 Å². The normalized spacial score (nSPS) is 17.9. The van der Waals surface area contributed by atoms with Crippen molar-refractivity contribution in [2.24, 2.45) is 0 Å². The van der Waals surface area contributed by atoms with Gasteiger partial charge in [0, 0.05) is 4.47 Å². The maximum absolute atomic E-state index is 12.6. The summed E-state index contributed by atoms with van der Waals surface area (Å²) >= 11 is 4.37. The van der Waals surface area contributed by atoms with Crippen LogP contribution in [0.5, 0.6) is 11.5 Å². The number of fused-ring (bicyclic) bond motifs is 1. The number of amides is 2. The standard InChI is InChI=1S/C17H10BrNO4S/c18-12-8-14-13(22-9-23-14)6-10(12)7-15-16(20)19(17(21)24-15)11-4-2-1-3-5-11/h1-8H,9H2. The first-order valence-electron chi connectivity index (χ1n) is 7.05. The van der Waals surface area contributed by atoms with Crippen LogP contribution in [0.1, 0.15) is 5.56 Å². The van der Waals surface area contributed by atoms with Crippen LogP contribution in [-0.2, 0) is 4.79 Å². The van der Waals surface area contributed by atoms with Crippen LogP contribution >= 0.6 is 27.7 Å². The fraction of sp³-hybridized carbons (Fsp3) is 0.0588. The molecule has 4 rings (SSSR count). The second kappa shape index (κ2) is 5.99. The van der Waals surface area contributed by atoms with E-state index in [1.165, 1.54) is 4.90 Å². The van der Waals surface area contributed by atoms with Gasteiger partial charge in [-0.15, -0.1) is 0 Å². The molecule has 0 aliphatic carbocycles. The molecule has 0 aromatic heterocycles. The third kappa shape index (κ3) is 2.59. The minimum atomic E-state index is -0.333. The van der Waals surface area contributed by atoms with E-state index in [0.717, 1.165) is 21.8 Å². The van der Waals surface area contributed by atoms with Crippen LogP contribution in [0.25, 0.3) is 6.08 Å². The van der Waals surface area contributed by atoms with Crippen LogP contribution in [0.3, 0.4) is 0 Å². The number of thioether (sulfide) groups is 1. The summed E-state index contributed by atoms with van der Waals surface area (Å²) in [6, 6.07) is 12.4. The molecule has 2 heterocycles. The Labute approximate surface area is 150 Å². The second-order valence-electron chi connectivity index (χ2n) is 5.08. The highest BCUT2D eigenvalue weighted by Crippen LogP contribution is 2.40. The molecule has 0 radical (unpaired) electrons. The molecule has 2 aliphatic heterocycles. The molecule has 2 aromatic carbocycles. The number of carbonyl (C=O) groups excluding carboxylic acids is 2. The molecule has 0 bridgehead atoms. The summed E-state index contributed by atoms with van der Waals surface area (Å²) in [4.78, 5) is 26.4. The molecule has 0 saturated carbocycles. The Balaban J connectivity index is 1.70. The highest BCUT2D eigenvalue weighted by molar-refractivity contribution is 9.10. The van der Waals surface area contributed by atoms with E-state index >= 15 is 0 Å². The van der Waals surface area contributed by atoms with Gasteiger partial charge < -0.3 is 9.47 Å². The molecule has 1 saturated heterocycles. The molecule has 2 amide bonds. The Morgan fingerprint density at radius 2 is 1.79 bits per heavy atom. The molecule has 0 N–H and O–H groups in total. The summed E-state index contributed by atoms with van der Waals surface area (Å²) in [6.07, 6.45) is 1.68. The van der Waals surface area contributed by atoms with Crippen LogP contribution in [0, 0.1) is 0 Å². The predicted octanol–water partition coefficient (Wildman–Crippen LogP) is 4.42. The molecule has 7 heteroatoms. The van der Waals surface area contributed by atoms with Crippen molar-refractivity contribution in [1.82, 2.24) is 0 Å². The number of nitrogens with zero attached hydrogens (tertiary/aromatic N) is 1. The van der Waals surface area contributed by atoms with Gasteiger partial charge in [-0.25, -0.2) is 4.90 Å². The highest BCUT2D eigenvalue weighted by Gasteiger charge is 2.36. The molecule has 120 valence electrons. The Morgan fingerprint density at radius 3 is 2.54 bits per heavy atom. The zero-order valence-electron chi connectivity index (χ0n) is 12.2. The van der Waals surface area contributed by atoms with E-state index in [0.29, 0.717) is 22.1 Å². The van der Waals surface area contributed by atoms with E-state index in [-0.39, 0.29) is 17.9 Å². The lowest BCUT2D eigenvalue weighted by atomic mass is 10.2. The van der Waals surface area contributed by atoms with Crippen LogP contribution < -0.4 is 14.4 Å². The Hall–Kier alpha value is -2.25. The third-order valence-electron chi connectivity index (χ3n) is 3.59. The van der Waals surface area contributed by atoms with E-state index in [4.69, 9.17) is 9.47 Å². The van der Waals surface area contributed by atoms with Gasteiger partial charge in [0.05, 0.1) is 10.6 Å². The number of halogens is 1. The van der Waals surface area contributed by atoms with Crippen molar-refractivity contribution < 1.29 is 19.1 Å². The van der Waals surface area contributed by atoms with Gasteiger partial charge in [-0.1, -0.05) is 34.1 Å². The van der Waals surface area contributed by atoms with Gasteiger partial charge in [0.2, 0.25) is 6.79 Å². The maximum atomic E-state index is 12.6. The summed E-state index contributed by atoms with van der Waals surface area (Å²) in [5.74, 6) is 0.934. The predicted molar refractivity (Wildman–Crippen MR) is 95.2 cm³/mol. The average molecular weight is 404 g/mol. The lowest BCUT2D eigenvalue weighted by molar-refractivity contribution is -0.113. The number of anilines is 1. The lowest BCUT2D eigenvalue weighted by Gasteiger charge is -2.11. The number of carbonyl (C=O) groups is 2.